The average molecular weight is 366 g/mol. The van der Waals surface area contributed by atoms with Crippen LogP contribution in [0.2, 0.25) is 0 Å². The third kappa shape index (κ3) is 4.94. The number of thiocarbonyl (C=S) groups is 1. The molecule has 1 saturated heterocycles. The number of morpholine rings is 1. The summed E-state index contributed by atoms with van der Waals surface area (Å²) in [5.74, 6) is 1.88. The molecule has 25 heavy (non-hydrogen) atoms. The van der Waals surface area contributed by atoms with E-state index in [0.29, 0.717) is 22.4 Å². The van der Waals surface area contributed by atoms with Gasteiger partial charge in [0.25, 0.3) is 0 Å². The van der Waals surface area contributed by atoms with Gasteiger partial charge in [0.1, 0.15) is 0 Å². The SMILES string of the molecule is COc1cc(/C=N\NC(=S)NCCN2CCOCC2)cc2c1OCO2. The fraction of sp³-hybridized carbons (Fsp3) is 0.500. The van der Waals surface area contributed by atoms with Crippen LogP contribution in [0.1, 0.15) is 5.56 Å². The molecule has 3 rings (SSSR count). The predicted octanol–water partition coefficient (Wildman–Crippen LogP) is 0.554. The topological polar surface area (TPSA) is 76.6 Å². The van der Waals surface area contributed by atoms with Gasteiger partial charge in [0.15, 0.2) is 16.6 Å². The van der Waals surface area contributed by atoms with Crippen molar-refractivity contribution in [3.05, 3.63) is 17.7 Å². The third-order valence-electron chi connectivity index (χ3n) is 3.88. The molecule has 0 atom stereocenters. The Morgan fingerprint density at radius 2 is 2.20 bits per heavy atom. The summed E-state index contributed by atoms with van der Waals surface area (Å²) in [6, 6.07) is 3.67. The molecule has 9 heteroatoms. The van der Waals surface area contributed by atoms with Crippen LogP contribution in [0.15, 0.2) is 17.2 Å². The van der Waals surface area contributed by atoms with E-state index < -0.39 is 0 Å². The minimum absolute atomic E-state index is 0.196. The van der Waals surface area contributed by atoms with Crippen molar-refractivity contribution in [2.24, 2.45) is 5.10 Å². The molecule has 1 aromatic rings. The first-order chi connectivity index (χ1) is 12.3. The van der Waals surface area contributed by atoms with Gasteiger partial charge < -0.3 is 24.3 Å². The molecule has 2 heterocycles. The van der Waals surface area contributed by atoms with Crippen molar-refractivity contribution in [2.75, 3.05) is 53.3 Å². The zero-order valence-electron chi connectivity index (χ0n) is 14.1. The van der Waals surface area contributed by atoms with Crippen LogP contribution in [0.3, 0.4) is 0 Å². The molecule has 0 radical (unpaired) electrons. The first-order valence-electron chi connectivity index (χ1n) is 8.11. The normalized spacial score (nSPS) is 16.8. The van der Waals surface area contributed by atoms with Gasteiger partial charge in [-0.3, -0.25) is 10.3 Å². The molecule has 0 spiro atoms. The number of hydrazone groups is 1. The van der Waals surface area contributed by atoms with Crippen molar-refractivity contribution in [2.45, 2.75) is 0 Å². The molecule has 0 amide bonds. The van der Waals surface area contributed by atoms with Gasteiger partial charge in [-0.2, -0.15) is 5.10 Å². The summed E-state index contributed by atoms with van der Waals surface area (Å²) in [5.41, 5.74) is 3.63. The summed E-state index contributed by atoms with van der Waals surface area (Å²) in [6.45, 7) is 5.41. The van der Waals surface area contributed by atoms with E-state index in [0.717, 1.165) is 45.0 Å². The second kappa shape index (κ2) is 8.84. The third-order valence-corrected chi connectivity index (χ3v) is 4.11. The van der Waals surface area contributed by atoms with Crippen molar-refractivity contribution in [3.8, 4) is 17.2 Å². The molecule has 0 unspecified atom stereocenters. The molecule has 8 nitrogen and oxygen atoms in total. The first-order valence-corrected chi connectivity index (χ1v) is 8.52. The van der Waals surface area contributed by atoms with Gasteiger partial charge in [-0.15, -0.1) is 0 Å². The van der Waals surface area contributed by atoms with E-state index in [-0.39, 0.29) is 6.79 Å². The van der Waals surface area contributed by atoms with Crippen molar-refractivity contribution >= 4 is 23.5 Å². The van der Waals surface area contributed by atoms with Crippen molar-refractivity contribution < 1.29 is 18.9 Å². The number of nitrogens with one attached hydrogen (secondary N) is 2. The van der Waals surface area contributed by atoms with Crippen LogP contribution in [0, 0.1) is 0 Å². The second-order valence-corrected chi connectivity index (χ2v) is 5.95. The largest absolute Gasteiger partial charge is 0.493 e. The van der Waals surface area contributed by atoms with E-state index in [2.05, 4.69) is 20.7 Å². The Kier molecular flexibility index (Phi) is 6.26. The van der Waals surface area contributed by atoms with Crippen LogP contribution in [0.4, 0.5) is 0 Å². The van der Waals surface area contributed by atoms with Gasteiger partial charge in [-0.05, 0) is 24.4 Å². The van der Waals surface area contributed by atoms with Crippen LogP contribution in [0.5, 0.6) is 17.2 Å². The molecule has 1 aromatic carbocycles. The lowest BCUT2D eigenvalue weighted by molar-refractivity contribution is 0.0389. The lowest BCUT2D eigenvalue weighted by Gasteiger charge is -2.26. The molecule has 136 valence electrons. The Bertz CT molecular complexity index is 635. The highest BCUT2D eigenvalue weighted by Crippen LogP contribution is 2.41. The quantitative estimate of drug-likeness (QED) is 0.430. The summed E-state index contributed by atoms with van der Waals surface area (Å²) in [6.07, 6.45) is 1.65. The van der Waals surface area contributed by atoms with Crippen molar-refractivity contribution in [1.29, 1.82) is 0 Å². The number of hydrogen-bond donors (Lipinski definition) is 2. The molecule has 1 fully saturated rings. The van der Waals surface area contributed by atoms with Crippen LogP contribution in [-0.4, -0.2) is 69.5 Å². The standard InChI is InChI=1S/C16H22N4O4S/c1-21-13-8-12(9-14-15(13)24-11-23-14)10-18-19-16(25)17-2-3-20-4-6-22-7-5-20/h8-10H,2-7,11H2,1H3,(H2,17,19,25)/b18-10-. The Hall–Kier alpha value is -2.10. The molecule has 2 aliphatic heterocycles. The summed E-state index contributed by atoms with van der Waals surface area (Å²) in [4.78, 5) is 2.33. The maximum Gasteiger partial charge on any atom is 0.231 e. The number of ether oxygens (including phenoxy) is 4. The lowest BCUT2D eigenvalue weighted by Crippen LogP contribution is -2.42. The molecule has 0 saturated carbocycles. The van der Waals surface area contributed by atoms with E-state index in [1.165, 1.54) is 0 Å². The zero-order valence-corrected chi connectivity index (χ0v) is 14.9. The van der Waals surface area contributed by atoms with Gasteiger partial charge in [-0.1, -0.05) is 0 Å². The fourth-order valence-electron chi connectivity index (χ4n) is 2.58. The number of nitrogens with zero attached hydrogens (tertiary/aromatic N) is 2. The minimum atomic E-state index is 0.196. The lowest BCUT2D eigenvalue weighted by atomic mass is 10.2. The van der Waals surface area contributed by atoms with E-state index in [1.807, 2.05) is 12.1 Å². The molecule has 0 bridgehead atoms. The average Bonchev–Trinajstić information content (AvgIpc) is 3.10. The summed E-state index contributed by atoms with van der Waals surface area (Å²) < 4.78 is 21.4. The Morgan fingerprint density at radius 3 is 3.00 bits per heavy atom. The molecular weight excluding hydrogens is 344 g/mol. The Balaban J connectivity index is 1.44. The number of hydrogen-bond acceptors (Lipinski definition) is 7. The van der Waals surface area contributed by atoms with E-state index >= 15 is 0 Å². The maximum absolute atomic E-state index is 5.38. The molecule has 0 aliphatic carbocycles. The van der Waals surface area contributed by atoms with Gasteiger partial charge in [0.05, 0.1) is 26.5 Å². The zero-order chi connectivity index (χ0) is 17.5. The van der Waals surface area contributed by atoms with E-state index in [1.54, 1.807) is 13.3 Å². The number of fused-ring (bicyclic) bond motifs is 1. The Morgan fingerprint density at radius 1 is 1.36 bits per heavy atom. The minimum Gasteiger partial charge on any atom is -0.493 e. The molecular formula is C16H22N4O4S. The predicted molar refractivity (Wildman–Crippen MR) is 97.7 cm³/mol. The number of methoxy groups -OCH3 is 1. The number of rotatable bonds is 6. The van der Waals surface area contributed by atoms with E-state index in [4.69, 9.17) is 31.2 Å². The van der Waals surface area contributed by atoms with Gasteiger partial charge in [-0.25, -0.2) is 0 Å². The number of benzene rings is 1. The highest BCUT2D eigenvalue weighted by atomic mass is 32.1. The molecule has 2 N–H and O–H groups in total. The van der Waals surface area contributed by atoms with Crippen molar-refractivity contribution in [3.63, 3.8) is 0 Å². The summed E-state index contributed by atoms with van der Waals surface area (Å²) in [5, 5.41) is 7.76. The van der Waals surface area contributed by atoms with Crippen LogP contribution in [-0.2, 0) is 4.74 Å². The van der Waals surface area contributed by atoms with Crippen LogP contribution in [0.25, 0.3) is 0 Å². The van der Waals surface area contributed by atoms with Gasteiger partial charge in [0.2, 0.25) is 12.5 Å². The highest BCUT2D eigenvalue weighted by Gasteiger charge is 2.19. The Labute approximate surface area is 152 Å². The second-order valence-electron chi connectivity index (χ2n) is 5.54. The monoisotopic (exact) mass is 366 g/mol. The van der Waals surface area contributed by atoms with Crippen LogP contribution >= 0.6 is 12.2 Å². The van der Waals surface area contributed by atoms with Gasteiger partial charge >= 0.3 is 0 Å². The highest BCUT2D eigenvalue weighted by molar-refractivity contribution is 7.80. The maximum atomic E-state index is 5.38. The first kappa shape index (κ1) is 17.7. The van der Waals surface area contributed by atoms with Crippen molar-refractivity contribution in [1.82, 2.24) is 15.6 Å². The molecule has 0 aromatic heterocycles. The molecule has 2 aliphatic rings. The fourth-order valence-corrected chi connectivity index (χ4v) is 2.74. The smallest absolute Gasteiger partial charge is 0.231 e. The van der Waals surface area contributed by atoms with Gasteiger partial charge in [0, 0.05) is 31.7 Å². The summed E-state index contributed by atoms with van der Waals surface area (Å²) >= 11 is 5.22. The van der Waals surface area contributed by atoms with E-state index in [9.17, 15) is 0 Å². The van der Waals surface area contributed by atoms with Crippen LogP contribution < -0.4 is 25.0 Å². The summed E-state index contributed by atoms with van der Waals surface area (Å²) in [7, 11) is 1.59.